The molecule has 0 aliphatic carbocycles. The van der Waals surface area contributed by atoms with Crippen molar-refractivity contribution in [3.63, 3.8) is 0 Å². The van der Waals surface area contributed by atoms with Crippen molar-refractivity contribution >= 4 is 0 Å². The number of hydrogen-bond donors (Lipinski definition) is 1. The molecule has 1 aliphatic rings. The molecule has 1 N–H and O–H groups in total. The number of nitrogens with one attached hydrogen (secondary N) is 1. The summed E-state index contributed by atoms with van der Waals surface area (Å²) in [5, 5.41) is 7.71. The lowest BCUT2D eigenvalue weighted by atomic mass is 9.97. The molecule has 1 saturated heterocycles. The van der Waals surface area contributed by atoms with Gasteiger partial charge in [0.2, 0.25) is 0 Å². The van der Waals surface area contributed by atoms with Crippen molar-refractivity contribution in [1.29, 1.82) is 0 Å². The Morgan fingerprint density at radius 2 is 2.17 bits per heavy atom. The summed E-state index contributed by atoms with van der Waals surface area (Å²) in [6.45, 7) is 10.3. The second-order valence-corrected chi connectivity index (χ2v) is 5.55. The summed E-state index contributed by atoms with van der Waals surface area (Å²) in [7, 11) is 0. The van der Waals surface area contributed by atoms with E-state index in [4.69, 9.17) is 0 Å². The summed E-state index contributed by atoms with van der Waals surface area (Å²) in [5.41, 5.74) is 0. The fraction of sp³-hybridized carbons (Fsp3) is 0.786. The van der Waals surface area contributed by atoms with Crippen LogP contribution >= 0.6 is 0 Å². The van der Waals surface area contributed by atoms with E-state index in [-0.39, 0.29) is 0 Å². The minimum atomic E-state index is 0.621. The molecule has 18 heavy (non-hydrogen) atoms. The van der Waals surface area contributed by atoms with Crippen LogP contribution in [0.4, 0.5) is 0 Å². The maximum Gasteiger partial charge on any atom is 0.0536 e. The van der Waals surface area contributed by atoms with Crippen molar-refractivity contribution < 1.29 is 0 Å². The molecule has 1 fully saturated rings. The van der Waals surface area contributed by atoms with Crippen molar-refractivity contribution in [2.24, 2.45) is 5.92 Å². The summed E-state index contributed by atoms with van der Waals surface area (Å²) < 4.78 is 2.03. The average molecular weight is 250 g/mol. The van der Waals surface area contributed by atoms with Gasteiger partial charge < -0.3 is 5.32 Å². The van der Waals surface area contributed by atoms with Gasteiger partial charge in [-0.1, -0.05) is 0 Å². The first kappa shape index (κ1) is 13.6. The first-order valence-electron chi connectivity index (χ1n) is 7.18. The number of piperidine rings is 1. The molecule has 102 valence electrons. The first-order chi connectivity index (χ1) is 8.75. The summed E-state index contributed by atoms with van der Waals surface area (Å²) in [5.74, 6) is 0.867. The van der Waals surface area contributed by atoms with Gasteiger partial charge in [-0.15, -0.1) is 0 Å². The van der Waals surface area contributed by atoms with Crippen LogP contribution in [0.5, 0.6) is 0 Å². The predicted molar refractivity (Wildman–Crippen MR) is 74.5 cm³/mol. The third-order valence-corrected chi connectivity index (χ3v) is 3.86. The van der Waals surface area contributed by atoms with E-state index in [1.165, 1.54) is 32.5 Å². The third-order valence-electron chi connectivity index (χ3n) is 3.86. The Kier molecular flexibility index (Phi) is 5.20. The molecule has 2 heterocycles. The summed E-state index contributed by atoms with van der Waals surface area (Å²) >= 11 is 0. The van der Waals surface area contributed by atoms with E-state index in [0.29, 0.717) is 6.04 Å². The molecule has 1 aromatic rings. The Balaban J connectivity index is 1.79. The molecule has 4 nitrogen and oxygen atoms in total. The quantitative estimate of drug-likeness (QED) is 0.832. The highest BCUT2D eigenvalue weighted by Gasteiger charge is 2.18. The minimum absolute atomic E-state index is 0.621. The molecule has 4 heteroatoms. The van der Waals surface area contributed by atoms with Crippen LogP contribution in [0.2, 0.25) is 0 Å². The Bertz CT molecular complexity index is 315. The molecule has 1 aromatic heterocycles. The van der Waals surface area contributed by atoms with Crippen LogP contribution in [-0.4, -0.2) is 46.9 Å². The van der Waals surface area contributed by atoms with Crippen LogP contribution in [0.25, 0.3) is 0 Å². The fourth-order valence-electron chi connectivity index (χ4n) is 2.62. The van der Waals surface area contributed by atoms with Crippen LogP contribution in [0.1, 0.15) is 26.7 Å². The Morgan fingerprint density at radius 3 is 2.78 bits per heavy atom. The van der Waals surface area contributed by atoms with E-state index < -0.39 is 0 Å². The topological polar surface area (TPSA) is 33.1 Å². The van der Waals surface area contributed by atoms with Gasteiger partial charge in [0.25, 0.3) is 0 Å². The normalized spacial score (nSPS) is 17.8. The molecule has 0 aromatic carbocycles. The van der Waals surface area contributed by atoms with Crippen molar-refractivity contribution in [3.05, 3.63) is 18.5 Å². The third kappa shape index (κ3) is 4.10. The lowest BCUT2D eigenvalue weighted by molar-refractivity contribution is 0.162. The Hall–Kier alpha value is -0.870. The van der Waals surface area contributed by atoms with Gasteiger partial charge in [0.15, 0.2) is 0 Å². The van der Waals surface area contributed by atoms with Gasteiger partial charge in [-0.05, 0) is 51.8 Å². The molecule has 0 amide bonds. The molecule has 0 saturated carbocycles. The molecular formula is C14H26N4. The Morgan fingerprint density at radius 1 is 1.39 bits per heavy atom. The predicted octanol–water partition coefficient (Wildman–Crippen LogP) is 1.59. The molecule has 0 atom stereocenters. The van der Waals surface area contributed by atoms with Gasteiger partial charge in [-0.2, -0.15) is 5.10 Å². The van der Waals surface area contributed by atoms with Gasteiger partial charge >= 0.3 is 0 Å². The van der Waals surface area contributed by atoms with E-state index in [9.17, 15) is 0 Å². The van der Waals surface area contributed by atoms with E-state index in [1.54, 1.807) is 0 Å². The summed E-state index contributed by atoms with van der Waals surface area (Å²) in [6, 6.07) is 2.61. The maximum absolute atomic E-state index is 4.27. The van der Waals surface area contributed by atoms with Crippen molar-refractivity contribution in [3.8, 4) is 0 Å². The molecule has 0 unspecified atom stereocenters. The number of rotatable bonds is 6. The lowest BCUT2D eigenvalue weighted by Crippen LogP contribution is -2.40. The SMILES string of the molecule is CC(C)N(CCn1cccn1)CC1CCNCC1. The van der Waals surface area contributed by atoms with E-state index >= 15 is 0 Å². The largest absolute Gasteiger partial charge is 0.317 e. The lowest BCUT2D eigenvalue weighted by Gasteiger charge is -2.32. The van der Waals surface area contributed by atoms with E-state index in [0.717, 1.165) is 19.0 Å². The van der Waals surface area contributed by atoms with Gasteiger partial charge in [0.1, 0.15) is 0 Å². The van der Waals surface area contributed by atoms with Crippen molar-refractivity contribution in [2.75, 3.05) is 26.2 Å². The van der Waals surface area contributed by atoms with Crippen molar-refractivity contribution in [2.45, 2.75) is 39.3 Å². The highest BCUT2D eigenvalue weighted by Crippen LogP contribution is 2.15. The van der Waals surface area contributed by atoms with Gasteiger partial charge in [0.05, 0.1) is 6.54 Å². The van der Waals surface area contributed by atoms with E-state index in [1.807, 2.05) is 23.1 Å². The van der Waals surface area contributed by atoms with Crippen LogP contribution in [-0.2, 0) is 6.54 Å². The summed E-state index contributed by atoms with van der Waals surface area (Å²) in [4.78, 5) is 2.59. The van der Waals surface area contributed by atoms with Crippen LogP contribution < -0.4 is 5.32 Å². The smallest absolute Gasteiger partial charge is 0.0536 e. The highest BCUT2D eigenvalue weighted by molar-refractivity contribution is 4.79. The number of hydrogen-bond acceptors (Lipinski definition) is 3. The number of aromatic nitrogens is 2. The van der Waals surface area contributed by atoms with Gasteiger partial charge in [-0.25, -0.2) is 0 Å². The molecule has 0 spiro atoms. The maximum atomic E-state index is 4.27. The first-order valence-corrected chi connectivity index (χ1v) is 7.18. The Labute approximate surface area is 110 Å². The highest BCUT2D eigenvalue weighted by atomic mass is 15.3. The van der Waals surface area contributed by atoms with Gasteiger partial charge in [0, 0.05) is 31.5 Å². The zero-order valence-corrected chi connectivity index (χ0v) is 11.7. The zero-order valence-electron chi connectivity index (χ0n) is 11.7. The van der Waals surface area contributed by atoms with Crippen molar-refractivity contribution in [1.82, 2.24) is 20.0 Å². The second-order valence-electron chi connectivity index (χ2n) is 5.55. The van der Waals surface area contributed by atoms with Crippen LogP contribution in [0.15, 0.2) is 18.5 Å². The molecule has 1 aliphatic heterocycles. The number of nitrogens with zero attached hydrogens (tertiary/aromatic N) is 3. The standard InChI is InChI=1S/C14H26N4/c1-13(2)17(10-11-18-9-3-6-16-18)12-14-4-7-15-8-5-14/h3,6,9,13-15H,4-5,7-8,10-12H2,1-2H3. The van der Waals surface area contributed by atoms with E-state index in [2.05, 4.69) is 29.2 Å². The molecule has 0 radical (unpaired) electrons. The monoisotopic (exact) mass is 250 g/mol. The molecular weight excluding hydrogens is 224 g/mol. The van der Waals surface area contributed by atoms with Gasteiger partial charge in [-0.3, -0.25) is 9.58 Å². The zero-order chi connectivity index (χ0) is 12.8. The summed E-state index contributed by atoms with van der Waals surface area (Å²) in [6.07, 6.45) is 6.55. The minimum Gasteiger partial charge on any atom is -0.317 e. The molecule has 2 rings (SSSR count). The second kappa shape index (κ2) is 6.90. The molecule has 0 bridgehead atoms. The van der Waals surface area contributed by atoms with Crippen LogP contribution in [0, 0.1) is 5.92 Å². The average Bonchev–Trinajstić information content (AvgIpc) is 2.88. The fourth-order valence-corrected chi connectivity index (χ4v) is 2.62. The van der Waals surface area contributed by atoms with Crippen LogP contribution in [0.3, 0.4) is 0 Å².